The zero-order valence-electron chi connectivity index (χ0n) is 14.8. The van der Waals surface area contributed by atoms with Gasteiger partial charge in [-0.1, -0.05) is 0 Å². The lowest BCUT2D eigenvalue weighted by atomic mass is 9.49. The fraction of sp³-hybridized carbons (Fsp3) is 0.650. The molecule has 4 bridgehead atoms. The monoisotopic (exact) mass is 372 g/mol. The molecular formula is C20H24N2O3S. The number of rotatable bonds is 4. The summed E-state index contributed by atoms with van der Waals surface area (Å²) in [6.45, 7) is 0.879. The van der Waals surface area contributed by atoms with Crippen molar-refractivity contribution in [1.29, 1.82) is 0 Å². The van der Waals surface area contributed by atoms with E-state index in [9.17, 15) is 14.9 Å². The number of nitro benzene ring substituents is 1. The van der Waals surface area contributed by atoms with Gasteiger partial charge in [0.2, 0.25) is 5.91 Å². The number of amides is 1. The van der Waals surface area contributed by atoms with Crippen LogP contribution in [0.5, 0.6) is 0 Å². The third kappa shape index (κ3) is 2.73. The van der Waals surface area contributed by atoms with Crippen molar-refractivity contribution in [3.05, 3.63) is 39.9 Å². The van der Waals surface area contributed by atoms with Gasteiger partial charge in [-0.05, 0) is 79.4 Å². The topological polar surface area (TPSA) is 63.4 Å². The molecule has 5 fully saturated rings. The van der Waals surface area contributed by atoms with Gasteiger partial charge < -0.3 is 4.90 Å². The standard InChI is InChI=1S/C20H24N2O3S/c23-18-11-26-19(16-1-3-17(4-2-16)22(24)25)21(18)12-20-8-13-5-14(9-20)7-15(6-13)10-20/h1-4,13-15,19H,5-12H2/t13?,14?,15?,19-,20?/m1/s1. The molecule has 1 saturated heterocycles. The van der Waals surface area contributed by atoms with Crippen LogP contribution < -0.4 is 0 Å². The molecule has 0 aromatic heterocycles. The van der Waals surface area contributed by atoms with E-state index in [0.29, 0.717) is 11.2 Å². The summed E-state index contributed by atoms with van der Waals surface area (Å²) in [4.78, 5) is 25.3. The minimum atomic E-state index is -0.371. The summed E-state index contributed by atoms with van der Waals surface area (Å²) in [5, 5.41) is 10.9. The van der Waals surface area contributed by atoms with Crippen LogP contribution in [0.2, 0.25) is 0 Å². The van der Waals surface area contributed by atoms with Gasteiger partial charge in [-0.2, -0.15) is 0 Å². The van der Waals surface area contributed by atoms with Crippen molar-refractivity contribution >= 4 is 23.4 Å². The third-order valence-corrected chi connectivity index (χ3v) is 8.28. The second-order valence-electron chi connectivity index (χ2n) is 8.95. The number of hydrogen-bond acceptors (Lipinski definition) is 4. The molecule has 1 heterocycles. The Morgan fingerprint density at radius 1 is 1.08 bits per heavy atom. The molecule has 1 aliphatic heterocycles. The zero-order chi connectivity index (χ0) is 17.9. The maximum absolute atomic E-state index is 12.7. The van der Waals surface area contributed by atoms with Crippen LogP contribution in [0.25, 0.3) is 0 Å². The Morgan fingerprint density at radius 2 is 1.65 bits per heavy atom. The highest BCUT2D eigenvalue weighted by atomic mass is 32.2. The molecule has 138 valence electrons. The van der Waals surface area contributed by atoms with Crippen LogP contribution in [-0.2, 0) is 4.79 Å². The number of carbonyl (C=O) groups is 1. The molecule has 4 saturated carbocycles. The summed E-state index contributed by atoms with van der Waals surface area (Å²) in [5.74, 6) is 3.39. The molecule has 0 radical (unpaired) electrons. The first-order chi connectivity index (χ1) is 12.5. The van der Waals surface area contributed by atoms with E-state index in [1.54, 1.807) is 23.9 Å². The van der Waals surface area contributed by atoms with Crippen molar-refractivity contribution in [1.82, 2.24) is 4.90 Å². The first-order valence-corrected chi connectivity index (χ1v) is 10.7. The van der Waals surface area contributed by atoms with Crippen LogP contribution in [0, 0.1) is 33.3 Å². The van der Waals surface area contributed by atoms with Gasteiger partial charge in [0.05, 0.1) is 10.7 Å². The largest absolute Gasteiger partial charge is 0.325 e. The van der Waals surface area contributed by atoms with E-state index < -0.39 is 0 Å². The number of nitrogens with zero attached hydrogens (tertiary/aromatic N) is 2. The zero-order valence-corrected chi connectivity index (χ0v) is 15.6. The summed E-state index contributed by atoms with van der Waals surface area (Å²) < 4.78 is 0. The molecule has 0 N–H and O–H groups in total. The number of hydrogen-bond donors (Lipinski definition) is 0. The quantitative estimate of drug-likeness (QED) is 0.581. The van der Waals surface area contributed by atoms with Gasteiger partial charge >= 0.3 is 0 Å². The second kappa shape index (κ2) is 5.98. The van der Waals surface area contributed by atoms with E-state index in [4.69, 9.17) is 0 Å². The van der Waals surface area contributed by atoms with Gasteiger partial charge in [-0.25, -0.2) is 0 Å². The van der Waals surface area contributed by atoms with E-state index in [-0.39, 0.29) is 21.9 Å². The average Bonchev–Trinajstić information content (AvgIpc) is 2.94. The summed E-state index contributed by atoms with van der Waals surface area (Å²) in [6, 6.07) is 6.76. The molecule has 1 aromatic carbocycles. The smallest absolute Gasteiger partial charge is 0.269 e. The van der Waals surface area contributed by atoms with Crippen molar-refractivity contribution < 1.29 is 9.72 Å². The summed E-state index contributed by atoms with van der Waals surface area (Å²) in [5.41, 5.74) is 1.45. The molecule has 4 aliphatic carbocycles. The molecule has 0 unspecified atom stereocenters. The molecule has 1 aromatic rings. The van der Waals surface area contributed by atoms with Crippen LogP contribution in [-0.4, -0.2) is 28.0 Å². The van der Waals surface area contributed by atoms with Gasteiger partial charge in [0.1, 0.15) is 5.37 Å². The van der Waals surface area contributed by atoms with Crippen molar-refractivity contribution in [2.75, 3.05) is 12.3 Å². The Hall–Kier alpha value is -1.56. The SMILES string of the molecule is O=C1CS[C@H](c2ccc([N+](=O)[O-])cc2)N1CC12CC3CC(CC(C3)C1)C2. The van der Waals surface area contributed by atoms with Crippen molar-refractivity contribution in [2.45, 2.75) is 43.9 Å². The number of thioether (sulfide) groups is 1. The van der Waals surface area contributed by atoms with Crippen LogP contribution in [0.3, 0.4) is 0 Å². The Kier molecular flexibility index (Phi) is 3.82. The molecule has 0 spiro atoms. The number of carbonyl (C=O) groups excluding carboxylic acids is 1. The van der Waals surface area contributed by atoms with Crippen LogP contribution >= 0.6 is 11.8 Å². The fourth-order valence-electron chi connectivity index (χ4n) is 6.51. The van der Waals surface area contributed by atoms with Crippen LogP contribution in [0.15, 0.2) is 24.3 Å². The first-order valence-electron chi connectivity index (χ1n) is 9.67. The highest BCUT2D eigenvalue weighted by molar-refractivity contribution is 8.00. The van der Waals surface area contributed by atoms with Crippen molar-refractivity contribution in [3.63, 3.8) is 0 Å². The van der Waals surface area contributed by atoms with Crippen LogP contribution in [0.1, 0.15) is 49.5 Å². The molecule has 26 heavy (non-hydrogen) atoms. The van der Waals surface area contributed by atoms with Gasteiger partial charge in [-0.15, -0.1) is 11.8 Å². The van der Waals surface area contributed by atoms with E-state index >= 15 is 0 Å². The van der Waals surface area contributed by atoms with Gasteiger partial charge in [0, 0.05) is 18.7 Å². The van der Waals surface area contributed by atoms with E-state index in [2.05, 4.69) is 4.90 Å². The lowest BCUT2D eigenvalue weighted by Crippen LogP contribution is -2.51. The minimum Gasteiger partial charge on any atom is -0.325 e. The maximum atomic E-state index is 12.7. The lowest BCUT2D eigenvalue weighted by Gasteiger charge is -2.58. The lowest BCUT2D eigenvalue weighted by molar-refractivity contribution is -0.384. The molecular weight excluding hydrogens is 348 g/mol. The third-order valence-electron chi connectivity index (χ3n) is 7.03. The average molecular weight is 372 g/mol. The highest BCUT2D eigenvalue weighted by Crippen LogP contribution is 2.61. The maximum Gasteiger partial charge on any atom is 0.269 e. The van der Waals surface area contributed by atoms with E-state index in [0.717, 1.165) is 29.9 Å². The predicted octanol–water partition coefficient (Wildman–Crippen LogP) is 4.39. The summed E-state index contributed by atoms with van der Waals surface area (Å²) >= 11 is 1.66. The van der Waals surface area contributed by atoms with E-state index in [1.807, 2.05) is 12.1 Å². The van der Waals surface area contributed by atoms with Gasteiger partial charge in [-0.3, -0.25) is 14.9 Å². The number of nitro groups is 1. The molecule has 1 amide bonds. The normalized spacial score (nSPS) is 38.2. The summed E-state index contributed by atoms with van der Waals surface area (Å²) in [6.07, 6.45) is 8.11. The number of non-ortho nitro benzene ring substituents is 1. The Morgan fingerprint density at radius 3 is 2.19 bits per heavy atom. The molecule has 5 nitrogen and oxygen atoms in total. The highest BCUT2D eigenvalue weighted by Gasteiger charge is 2.52. The molecule has 6 rings (SSSR count). The van der Waals surface area contributed by atoms with Gasteiger partial charge in [0.25, 0.3) is 5.69 Å². The molecule has 6 heteroatoms. The van der Waals surface area contributed by atoms with E-state index in [1.165, 1.54) is 38.5 Å². The molecule has 5 aliphatic rings. The minimum absolute atomic E-state index is 0.0105. The van der Waals surface area contributed by atoms with Crippen molar-refractivity contribution in [3.8, 4) is 0 Å². The Labute approximate surface area is 157 Å². The van der Waals surface area contributed by atoms with Crippen LogP contribution in [0.4, 0.5) is 5.69 Å². The van der Waals surface area contributed by atoms with Crippen molar-refractivity contribution in [2.24, 2.45) is 23.2 Å². The number of benzene rings is 1. The fourth-order valence-corrected chi connectivity index (χ4v) is 7.69. The molecule has 1 atom stereocenters. The Bertz CT molecular complexity index is 713. The second-order valence-corrected chi connectivity index (χ2v) is 10.0. The predicted molar refractivity (Wildman–Crippen MR) is 101 cm³/mol. The van der Waals surface area contributed by atoms with Gasteiger partial charge in [0.15, 0.2) is 0 Å². The summed E-state index contributed by atoms with van der Waals surface area (Å²) in [7, 11) is 0. The first kappa shape index (κ1) is 16.6. The Balaban J connectivity index is 1.38.